The molecule has 0 spiro atoms. The van der Waals surface area contributed by atoms with Crippen LogP contribution in [0.2, 0.25) is 0 Å². The second-order valence-corrected chi connectivity index (χ2v) is 3.38. The first kappa shape index (κ1) is 10.2. The van der Waals surface area contributed by atoms with Gasteiger partial charge < -0.3 is 14.8 Å². The Kier molecular flexibility index (Phi) is 3.03. The van der Waals surface area contributed by atoms with Crippen molar-refractivity contribution in [3.8, 4) is 0 Å². The molecule has 0 unspecified atom stereocenters. The number of amides is 1. The van der Waals surface area contributed by atoms with Crippen LogP contribution in [0.15, 0.2) is 12.0 Å². The molecule has 0 aromatic rings. The van der Waals surface area contributed by atoms with Gasteiger partial charge in [-0.25, -0.2) is 0 Å². The largest absolute Gasteiger partial charge is 0.457 e. The standard InChI is InChI=1S/C8H12ClNO3/c1-8(2)12-5-6(13-8)4-10-7(11)3-9/h5H,3-4H2,1-2H3,(H,10,11). The average molecular weight is 206 g/mol. The average Bonchev–Trinajstić information content (AvgIpc) is 2.41. The van der Waals surface area contributed by atoms with Crippen LogP contribution in [0.5, 0.6) is 0 Å². The number of hydrogen-bond donors (Lipinski definition) is 1. The van der Waals surface area contributed by atoms with Crippen molar-refractivity contribution in [1.29, 1.82) is 0 Å². The van der Waals surface area contributed by atoms with Crippen LogP contribution in [0, 0.1) is 0 Å². The Bertz CT molecular complexity index is 238. The van der Waals surface area contributed by atoms with Crippen molar-refractivity contribution in [2.24, 2.45) is 0 Å². The lowest BCUT2D eigenvalue weighted by molar-refractivity contribution is -0.122. The number of carbonyl (C=O) groups is 1. The van der Waals surface area contributed by atoms with Crippen molar-refractivity contribution in [3.63, 3.8) is 0 Å². The van der Waals surface area contributed by atoms with E-state index in [4.69, 9.17) is 21.1 Å². The number of carbonyl (C=O) groups excluding carboxylic acids is 1. The van der Waals surface area contributed by atoms with Gasteiger partial charge in [0, 0.05) is 13.8 Å². The van der Waals surface area contributed by atoms with Crippen LogP contribution in [0.3, 0.4) is 0 Å². The Morgan fingerprint density at radius 1 is 1.69 bits per heavy atom. The number of alkyl halides is 1. The predicted molar refractivity (Wildman–Crippen MR) is 48.1 cm³/mol. The molecule has 1 N–H and O–H groups in total. The van der Waals surface area contributed by atoms with Gasteiger partial charge in [0.05, 0.1) is 6.54 Å². The lowest BCUT2D eigenvalue weighted by Crippen LogP contribution is -2.28. The zero-order valence-electron chi connectivity index (χ0n) is 7.59. The monoisotopic (exact) mass is 205 g/mol. The Hall–Kier alpha value is -0.900. The molecule has 1 heterocycles. The van der Waals surface area contributed by atoms with Crippen LogP contribution in [0.1, 0.15) is 13.8 Å². The van der Waals surface area contributed by atoms with E-state index in [0.717, 1.165) is 0 Å². The normalized spacial score (nSPS) is 18.5. The molecule has 1 aliphatic heterocycles. The topological polar surface area (TPSA) is 47.6 Å². The molecule has 0 atom stereocenters. The third-order valence-corrected chi connectivity index (χ3v) is 1.67. The molecule has 0 saturated heterocycles. The first-order valence-corrected chi connectivity index (χ1v) is 4.45. The molecule has 0 saturated carbocycles. The Morgan fingerprint density at radius 3 is 2.85 bits per heavy atom. The first-order valence-electron chi connectivity index (χ1n) is 3.92. The van der Waals surface area contributed by atoms with E-state index >= 15 is 0 Å². The molecule has 0 aliphatic carbocycles. The highest BCUT2D eigenvalue weighted by Gasteiger charge is 2.27. The number of halogens is 1. The molecule has 0 radical (unpaired) electrons. The summed E-state index contributed by atoms with van der Waals surface area (Å²) < 4.78 is 10.5. The molecule has 0 bridgehead atoms. The van der Waals surface area contributed by atoms with E-state index in [2.05, 4.69) is 5.32 Å². The number of ether oxygens (including phenoxy) is 2. The minimum absolute atomic E-state index is 0.0441. The van der Waals surface area contributed by atoms with E-state index in [1.807, 2.05) is 0 Å². The van der Waals surface area contributed by atoms with E-state index in [-0.39, 0.29) is 11.8 Å². The van der Waals surface area contributed by atoms with Gasteiger partial charge in [-0.2, -0.15) is 0 Å². The second kappa shape index (κ2) is 3.87. The predicted octanol–water partition coefficient (Wildman–Crippen LogP) is 0.966. The van der Waals surface area contributed by atoms with Crippen LogP contribution < -0.4 is 5.32 Å². The molecule has 5 heteroatoms. The third kappa shape index (κ3) is 3.14. The summed E-state index contributed by atoms with van der Waals surface area (Å²) >= 11 is 5.29. The summed E-state index contributed by atoms with van der Waals surface area (Å²) in [5.74, 6) is -0.294. The van der Waals surface area contributed by atoms with Crippen molar-refractivity contribution in [3.05, 3.63) is 12.0 Å². The highest BCUT2D eigenvalue weighted by molar-refractivity contribution is 6.27. The maximum Gasteiger partial charge on any atom is 0.244 e. The molecule has 1 amide bonds. The van der Waals surface area contributed by atoms with Crippen LogP contribution in [0.25, 0.3) is 0 Å². The van der Waals surface area contributed by atoms with E-state index < -0.39 is 5.79 Å². The number of hydrogen-bond acceptors (Lipinski definition) is 3. The molecule has 0 fully saturated rings. The maximum absolute atomic E-state index is 10.8. The van der Waals surface area contributed by atoms with Crippen molar-refractivity contribution in [2.75, 3.05) is 12.4 Å². The van der Waals surface area contributed by atoms with Crippen LogP contribution in [-0.4, -0.2) is 24.1 Å². The molecule has 13 heavy (non-hydrogen) atoms. The summed E-state index contributed by atoms with van der Waals surface area (Å²) in [6.45, 7) is 3.90. The molecule has 4 nitrogen and oxygen atoms in total. The van der Waals surface area contributed by atoms with E-state index in [9.17, 15) is 4.79 Å². The Balaban J connectivity index is 2.29. The Morgan fingerprint density at radius 2 is 2.38 bits per heavy atom. The minimum Gasteiger partial charge on any atom is -0.457 e. The lowest BCUT2D eigenvalue weighted by Gasteiger charge is -2.18. The third-order valence-electron chi connectivity index (χ3n) is 1.43. The van der Waals surface area contributed by atoms with Gasteiger partial charge in [0.25, 0.3) is 0 Å². The highest BCUT2D eigenvalue weighted by Crippen LogP contribution is 2.23. The van der Waals surface area contributed by atoms with Gasteiger partial charge in [0.2, 0.25) is 11.7 Å². The van der Waals surface area contributed by atoms with Crippen molar-refractivity contribution in [1.82, 2.24) is 5.32 Å². The molecule has 1 aliphatic rings. The van der Waals surface area contributed by atoms with E-state index in [0.29, 0.717) is 12.3 Å². The first-order chi connectivity index (χ1) is 6.03. The summed E-state index contributed by atoms with van der Waals surface area (Å²) in [4.78, 5) is 10.8. The molecule has 1 rings (SSSR count). The zero-order valence-corrected chi connectivity index (χ0v) is 8.35. The minimum atomic E-state index is -0.624. The van der Waals surface area contributed by atoms with Gasteiger partial charge in [-0.3, -0.25) is 4.79 Å². The molecular formula is C8H12ClNO3. The van der Waals surface area contributed by atoms with Crippen LogP contribution in [-0.2, 0) is 14.3 Å². The second-order valence-electron chi connectivity index (χ2n) is 3.11. The van der Waals surface area contributed by atoms with Crippen molar-refractivity contribution in [2.45, 2.75) is 19.6 Å². The number of rotatable bonds is 3. The van der Waals surface area contributed by atoms with Crippen molar-refractivity contribution < 1.29 is 14.3 Å². The highest BCUT2D eigenvalue weighted by atomic mass is 35.5. The molecule has 0 aromatic heterocycles. The zero-order chi connectivity index (χ0) is 9.90. The van der Waals surface area contributed by atoms with Gasteiger partial charge in [-0.05, 0) is 0 Å². The smallest absolute Gasteiger partial charge is 0.244 e. The van der Waals surface area contributed by atoms with Crippen LogP contribution >= 0.6 is 11.6 Å². The van der Waals surface area contributed by atoms with Gasteiger partial charge in [-0.1, -0.05) is 0 Å². The van der Waals surface area contributed by atoms with Gasteiger partial charge in [-0.15, -0.1) is 11.6 Å². The number of nitrogens with one attached hydrogen (secondary N) is 1. The van der Waals surface area contributed by atoms with Gasteiger partial charge in [0.1, 0.15) is 12.1 Å². The Labute approximate surface area is 81.8 Å². The van der Waals surface area contributed by atoms with Gasteiger partial charge >= 0.3 is 0 Å². The fourth-order valence-corrected chi connectivity index (χ4v) is 0.977. The van der Waals surface area contributed by atoms with Crippen molar-refractivity contribution >= 4 is 17.5 Å². The molecular weight excluding hydrogens is 194 g/mol. The SMILES string of the molecule is CC1(C)OC=C(CNC(=O)CCl)O1. The summed E-state index contributed by atoms with van der Waals surface area (Å²) in [5.41, 5.74) is 0. The molecule has 74 valence electrons. The lowest BCUT2D eigenvalue weighted by atomic mass is 10.4. The quantitative estimate of drug-likeness (QED) is 0.699. The fourth-order valence-electron chi connectivity index (χ4n) is 0.882. The van der Waals surface area contributed by atoms with Gasteiger partial charge in [0.15, 0.2) is 5.76 Å². The van der Waals surface area contributed by atoms with E-state index in [1.165, 1.54) is 6.26 Å². The summed E-state index contributed by atoms with van der Waals surface area (Å²) in [6.07, 6.45) is 1.49. The molecule has 0 aromatic carbocycles. The summed E-state index contributed by atoms with van der Waals surface area (Å²) in [5, 5.41) is 2.57. The van der Waals surface area contributed by atoms with Crippen LogP contribution in [0.4, 0.5) is 0 Å². The summed E-state index contributed by atoms with van der Waals surface area (Å²) in [6, 6.07) is 0. The maximum atomic E-state index is 10.8. The fraction of sp³-hybridized carbons (Fsp3) is 0.625. The summed E-state index contributed by atoms with van der Waals surface area (Å²) in [7, 11) is 0. The van der Waals surface area contributed by atoms with E-state index in [1.54, 1.807) is 13.8 Å².